The highest BCUT2D eigenvalue weighted by atomic mass is 19.1. The van der Waals surface area contributed by atoms with Gasteiger partial charge in [0.25, 0.3) is 0 Å². The van der Waals surface area contributed by atoms with Crippen molar-refractivity contribution in [2.24, 2.45) is 5.73 Å². The summed E-state index contributed by atoms with van der Waals surface area (Å²) in [6.07, 6.45) is 5.36. The highest BCUT2D eigenvalue weighted by Crippen LogP contribution is 2.29. The molecule has 1 aromatic carbocycles. The molecule has 92 valence electrons. The van der Waals surface area contributed by atoms with E-state index < -0.39 is 0 Å². The Morgan fingerprint density at radius 2 is 2.12 bits per heavy atom. The van der Waals surface area contributed by atoms with Gasteiger partial charge >= 0.3 is 0 Å². The first kappa shape index (κ1) is 12.1. The highest BCUT2D eigenvalue weighted by Gasteiger charge is 2.16. The van der Waals surface area contributed by atoms with Crippen LogP contribution in [0.15, 0.2) is 24.3 Å². The molecule has 3 heteroatoms. The number of benzene rings is 1. The summed E-state index contributed by atoms with van der Waals surface area (Å²) in [5, 5.41) is 0. The van der Waals surface area contributed by atoms with Gasteiger partial charge in [-0.15, -0.1) is 0 Å². The molecule has 17 heavy (non-hydrogen) atoms. The first-order valence-corrected chi connectivity index (χ1v) is 6.05. The Labute approximate surface area is 102 Å². The fourth-order valence-electron chi connectivity index (χ4n) is 2.18. The fraction of sp³-hybridized carbons (Fsp3) is 0.429. The Bertz CT molecular complexity index is 438. The summed E-state index contributed by atoms with van der Waals surface area (Å²) < 4.78 is 13.6. The zero-order valence-corrected chi connectivity index (χ0v) is 10.4. The first-order valence-electron chi connectivity index (χ1n) is 6.05. The summed E-state index contributed by atoms with van der Waals surface area (Å²) in [6.45, 7) is 5.54. The zero-order valence-electron chi connectivity index (χ0n) is 10.4. The lowest BCUT2D eigenvalue weighted by Gasteiger charge is -2.29. The van der Waals surface area contributed by atoms with Crippen molar-refractivity contribution in [1.82, 2.24) is 0 Å². The van der Waals surface area contributed by atoms with Crippen molar-refractivity contribution in [3.63, 3.8) is 0 Å². The van der Waals surface area contributed by atoms with Crippen LogP contribution in [0.2, 0.25) is 0 Å². The molecule has 0 unspecified atom stereocenters. The highest BCUT2D eigenvalue weighted by molar-refractivity contribution is 5.58. The third-order valence-corrected chi connectivity index (χ3v) is 3.20. The van der Waals surface area contributed by atoms with Crippen molar-refractivity contribution in [3.8, 4) is 0 Å². The lowest BCUT2D eigenvalue weighted by Crippen LogP contribution is -2.29. The second kappa shape index (κ2) is 4.88. The van der Waals surface area contributed by atoms with Crippen molar-refractivity contribution in [1.29, 1.82) is 0 Å². The quantitative estimate of drug-likeness (QED) is 0.797. The number of nitrogens with zero attached hydrogens (tertiary/aromatic N) is 1. The maximum atomic E-state index is 13.6. The van der Waals surface area contributed by atoms with Gasteiger partial charge in [0.2, 0.25) is 0 Å². The van der Waals surface area contributed by atoms with Crippen molar-refractivity contribution >= 4 is 5.69 Å². The van der Waals surface area contributed by atoms with Crippen LogP contribution in [0.4, 0.5) is 10.1 Å². The SMILES string of the molecule is Cc1cc(N2CC=CCC2)c([C@@H](C)N)cc1F. The molecule has 2 nitrogen and oxygen atoms in total. The van der Waals surface area contributed by atoms with Gasteiger partial charge < -0.3 is 10.6 Å². The van der Waals surface area contributed by atoms with Gasteiger partial charge in [-0.1, -0.05) is 12.2 Å². The fourth-order valence-corrected chi connectivity index (χ4v) is 2.18. The molecule has 0 radical (unpaired) electrons. The lowest BCUT2D eigenvalue weighted by molar-refractivity contribution is 0.612. The average Bonchev–Trinajstić information content (AvgIpc) is 2.33. The second-order valence-corrected chi connectivity index (χ2v) is 4.65. The molecule has 2 N–H and O–H groups in total. The van der Waals surface area contributed by atoms with Crippen molar-refractivity contribution in [2.75, 3.05) is 18.0 Å². The number of halogens is 1. The van der Waals surface area contributed by atoms with E-state index in [-0.39, 0.29) is 11.9 Å². The summed E-state index contributed by atoms with van der Waals surface area (Å²) in [5.74, 6) is -0.173. The van der Waals surface area contributed by atoms with Crippen molar-refractivity contribution in [3.05, 3.63) is 41.2 Å². The van der Waals surface area contributed by atoms with E-state index in [0.717, 1.165) is 30.8 Å². The second-order valence-electron chi connectivity index (χ2n) is 4.65. The maximum Gasteiger partial charge on any atom is 0.126 e. The number of nitrogens with two attached hydrogens (primary N) is 1. The predicted octanol–water partition coefficient (Wildman–Crippen LogP) is 2.92. The van der Waals surface area contributed by atoms with Gasteiger partial charge in [-0.05, 0) is 43.5 Å². The number of aryl methyl sites for hydroxylation is 1. The smallest absolute Gasteiger partial charge is 0.126 e. The average molecular weight is 234 g/mol. The minimum Gasteiger partial charge on any atom is -0.367 e. The molecule has 0 spiro atoms. The van der Waals surface area contributed by atoms with E-state index in [9.17, 15) is 4.39 Å². The molecule has 1 heterocycles. The third-order valence-electron chi connectivity index (χ3n) is 3.20. The van der Waals surface area contributed by atoms with Crippen LogP contribution >= 0.6 is 0 Å². The molecule has 0 saturated heterocycles. The topological polar surface area (TPSA) is 29.3 Å². The minimum atomic E-state index is -0.173. The monoisotopic (exact) mass is 234 g/mol. The Hall–Kier alpha value is -1.35. The van der Waals surface area contributed by atoms with Gasteiger partial charge in [0, 0.05) is 24.8 Å². The van der Waals surface area contributed by atoms with Crippen LogP contribution < -0.4 is 10.6 Å². The van der Waals surface area contributed by atoms with Crippen LogP contribution in [0, 0.1) is 12.7 Å². The Morgan fingerprint density at radius 1 is 1.35 bits per heavy atom. The van der Waals surface area contributed by atoms with Crippen LogP contribution in [0.1, 0.15) is 30.5 Å². The van der Waals surface area contributed by atoms with Crippen molar-refractivity contribution in [2.45, 2.75) is 26.3 Å². The molecule has 2 rings (SSSR count). The predicted molar refractivity (Wildman–Crippen MR) is 69.7 cm³/mol. The molecule has 1 aliphatic rings. The summed E-state index contributed by atoms with van der Waals surface area (Å²) in [6, 6.07) is 3.34. The standard InChI is InChI=1S/C14H19FN2/c1-10-8-14(17-6-4-3-5-7-17)12(11(2)16)9-13(10)15/h3-4,8-9,11H,5-7,16H2,1-2H3/t11-/m1/s1. The Morgan fingerprint density at radius 3 is 2.71 bits per heavy atom. The lowest BCUT2D eigenvalue weighted by atomic mass is 10.0. The van der Waals surface area contributed by atoms with Gasteiger partial charge in [0.05, 0.1) is 0 Å². The first-order chi connectivity index (χ1) is 8.09. The van der Waals surface area contributed by atoms with E-state index in [4.69, 9.17) is 5.73 Å². The summed E-state index contributed by atoms with van der Waals surface area (Å²) in [4.78, 5) is 2.26. The normalized spacial score (nSPS) is 17.3. The van der Waals surface area contributed by atoms with E-state index >= 15 is 0 Å². The van der Waals surface area contributed by atoms with Gasteiger partial charge in [0.15, 0.2) is 0 Å². The molecule has 1 atom stereocenters. The van der Waals surface area contributed by atoms with E-state index in [1.807, 2.05) is 13.0 Å². The number of hydrogen-bond acceptors (Lipinski definition) is 2. The van der Waals surface area contributed by atoms with E-state index in [2.05, 4.69) is 17.1 Å². The molecule has 0 aliphatic carbocycles. The Balaban J connectivity index is 2.43. The van der Waals surface area contributed by atoms with Crippen LogP contribution in [0.3, 0.4) is 0 Å². The summed E-state index contributed by atoms with van der Waals surface area (Å²) >= 11 is 0. The van der Waals surface area contributed by atoms with Crippen LogP contribution in [0.25, 0.3) is 0 Å². The van der Waals surface area contributed by atoms with E-state index in [1.165, 1.54) is 0 Å². The van der Waals surface area contributed by atoms with Gasteiger partial charge in [-0.3, -0.25) is 0 Å². The molecular weight excluding hydrogens is 215 g/mol. The zero-order chi connectivity index (χ0) is 12.4. The van der Waals surface area contributed by atoms with Crippen LogP contribution in [0.5, 0.6) is 0 Å². The molecule has 0 amide bonds. The number of rotatable bonds is 2. The molecule has 0 bridgehead atoms. The Kier molecular flexibility index (Phi) is 3.48. The van der Waals surface area contributed by atoms with Crippen LogP contribution in [-0.4, -0.2) is 13.1 Å². The third kappa shape index (κ3) is 2.50. The number of hydrogen-bond donors (Lipinski definition) is 1. The minimum absolute atomic E-state index is 0.147. The summed E-state index contributed by atoms with van der Waals surface area (Å²) in [7, 11) is 0. The van der Waals surface area contributed by atoms with E-state index in [1.54, 1.807) is 13.0 Å². The summed E-state index contributed by atoms with van der Waals surface area (Å²) in [5.41, 5.74) is 8.57. The van der Waals surface area contributed by atoms with Gasteiger partial charge in [0.1, 0.15) is 5.82 Å². The van der Waals surface area contributed by atoms with Gasteiger partial charge in [-0.2, -0.15) is 0 Å². The molecule has 0 saturated carbocycles. The molecule has 0 aromatic heterocycles. The number of anilines is 1. The molecular formula is C14H19FN2. The van der Waals surface area contributed by atoms with E-state index in [0.29, 0.717) is 5.56 Å². The molecule has 1 aromatic rings. The maximum absolute atomic E-state index is 13.6. The molecule has 1 aliphatic heterocycles. The van der Waals surface area contributed by atoms with Crippen molar-refractivity contribution < 1.29 is 4.39 Å². The molecule has 0 fully saturated rings. The largest absolute Gasteiger partial charge is 0.367 e. The van der Waals surface area contributed by atoms with Gasteiger partial charge in [-0.25, -0.2) is 4.39 Å². The van der Waals surface area contributed by atoms with Crippen LogP contribution in [-0.2, 0) is 0 Å².